The highest BCUT2D eigenvalue weighted by Crippen LogP contribution is 2.60. The first kappa shape index (κ1) is 32.7. The van der Waals surface area contributed by atoms with Crippen molar-refractivity contribution in [2.24, 2.45) is 0 Å². The van der Waals surface area contributed by atoms with Gasteiger partial charge in [-0.15, -0.1) is 0 Å². The number of methoxy groups -OCH3 is 5. The van der Waals surface area contributed by atoms with E-state index in [1.165, 1.54) is 5.56 Å². The Kier molecular flexibility index (Phi) is 8.62. The summed E-state index contributed by atoms with van der Waals surface area (Å²) in [5, 5.41) is 21.7. The van der Waals surface area contributed by atoms with Crippen LogP contribution >= 0.6 is 0 Å². The van der Waals surface area contributed by atoms with Crippen LogP contribution in [0.2, 0.25) is 0 Å². The second-order valence-electron chi connectivity index (χ2n) is 13.0. The minimum absolute atomic E-state index is 0.0179. The molecule has 0 radical (unpaired) electrons. The molecule has 2 heterocycles. The molecule has 2 atom stereocenters. The van der Waals surface area contributed by atoms with Crippen molar-refractivity contribution in [2.45, 2.75) is 37.8 Å². The average molecular weight is 669 g/mol. The summed E-state index contributed by atoms with van der Waals surface area (Å²) in [4.78, 5) is 4.66. The Labute approximate surface area is 287 Å². The van der Waals surface area contributed by atoms with Gasteiger partial charge in [-0.3, -0.25) is 9.80 Å². The molecular formula is C39H44N2O8. The maximum Gasteiger partial charge on any atom is 0.204 e. The van der Waals surface area contributed by atoms with E-state index in [1.54, 1.807) is 35.5 Å². The third-order valence-corrected chi connectivity index (χ3v) is 10.6. The summed E-state index contributed by atoms with van der Waals surface area (Å²) in [7, 11) is 12.2. The van der Waals surface area contributed by atoms with Crippen molar-refractivity contribution in [2.75, 3.05) is 62.7 Å². The van der Waals surface area contributed by atoms with Gasteiger partial charge in [0.2, 0.25) is 11.5 Å². The number of aromatic hydroxyl groups is 2. The van der Waals surface area contributed by atoms with Crippen LogP contribution in [0.25, 0.3) is 11.1 Å². The van der Waals surface area contributed by atoms with E-state index in [-0.39, 0.29) is 23.6 Å². The quantitative estimate of drug-likeness (QED) is 0.207. The fourth-order valence-electron chi connectivity index (χ4n) is 7.99. The Hall–Kier alpha value is -4.80. The lowest BCUT2D eigenvalue weighted by molar-refractivity contribution is 0.221. The normalized spacial score (nSPS) is 18.2. The molecule has 2 N–H and O–H groups in total. The van der Waals surface area contributed by atoms with Crippen LogP contribution in [0.3, 0.4) is 0 Å². The third kappa shape index (κ3) is 5.34. The molecular weight excluding hydrogens is 624 g/mol. The van der Waals surface area contributed by atoms with Crippen LogP contribution < -0.4 is 28.4 Å². The fourth-order valence-corrected chi connectivity index (χ4v) is 7.99. The van der Waals surface area contributed by atoms with Crippen LogP contribution in [0.15, 0.2) is 42.5 Å². The standard InChI is InChI=1S/C39H44N2O8/c1-40-14-12-22-17-30(42)31(44-3)19-25(22)28(40)16-21-8-10-23(11-9-21)49-36-27-18-29-33-24(13-15-41(29)2)35(43)39(48-7)38(47-6)34(33)26(27)20-32(45-4)37(36)46-5/h8-11,17,19-20,28-29,42-43H,12-16,18H2,1-7H3. The van der Waals surface area contributed by atoms with Crippen molar-refractivity contribution in [1.29, 1.82) is 0 Å². The van der Waals surface area contributed by atoms with Gasteiger partial charge in [-0.25, -0.2) is 0 Å². The number of likely N-dealkylation sites (N-methyl/N-ethyl adjacent to an activating group) is 2. The summed E-state index contributed by atoms with van der Waals surface area (Å²) < 4.78 is 35.7. The van der Waals surface area contributed by atoms with Crippen LogP contribution in [-0.2, 0) is 25.7 Å². The molecule has 2 unspecified atom stereocenters. The molecule has 0 saturated carbocycles. The minimum Gasteiger partial charge on any atom is -0.504 e. The van der Waals surface area contributed by atoms with Gasteiger partial charge in [-0.05, 0) is 97.9 Å². The lowest BCUT2D eigenvalue weighted by Crippen LogP contribution is -2.36. The van der Waals surface area contributed by atoms with Crippen molar-refractivity contribution >= 4 is 0 Å². The molecule has 0 aromatic heterocycles. The first-order valence-corrected chi connectivity index (χ1v) is 16.6. The largest absolute Gasteiger partial charge is 0.504 e. The first-order chi connectivity index (χ1) is 23.7. The van der Waals surface area contributed by atoms with E-state index in [0.717, 1.165) is 64.9 Å². The molecule has 10 nitrogen and oxygen atoms in total. The van der Waals surface area contributed by atoms with Crippen LogP contribution in [0.5, 0.6) is 51.7 Å². The van der Waals surface area contributed by atoms with Gasteiger partial charge < -0.3 is 38.6 Å². The fraction of sp³-hybridized carbons (Fsp3) is 0.385. The second-order valence-corrected chi connectivity index (χ2v) is 13.0. The van der Waals surface area contributed by atoms with Gasteiger partial charge in [-0.2, -0.15) is 0 Å². The first-order valence-electron chi connectivity index (χ1n) is 16.6. The summed E-state index contributed by atoms with van der Waals surface area (Å²) in [5.74, 6) is 3.88. The summed E-state index contributed by atoms with van der Waals surface area (Å²) >= 11 is 0. The van der Waals surface area contributed by atoms with E-state index < -0.39 is 0 Å². The molecule has 0 bridgehead atoms. The number of rotatable bonds is 9. The molecule has 258 valence electrons. The number of ether oxygens (including phenoxy) is 6. The lowest BCUT2D eigenvalue weighted by Gasteiger charge is -2.41. The molecule has 0 fully saturated rings. The Morgan fingerprint density at radius 2 is 1.41 bits per heavy atom. The van der Waals surface area contributed by atoms with E-state index in [1.807, 2.05) is 30.3 Å². The third-order valence-electron chi connectivity index (χ3n) is 10.6. The molecule has 2 aliphatic heterocycles. The maximum atomic E-state index is 11.3. The smallest absolute Gasteiger partial charge is 0.204 e. The van der Waals surface area contributed by atoms with Crippen molar-refractivity contribution in [3.05, 3.63) is 75.8 Å². The predicted octanol–water partition coefficient (Wildman–Crippen LogP) is 6.46. The highest BCUT2D eigenvalue weighted by molar-refractivity contribution is 5.89. The molecule has 10 heteroatoms. The van der Waals surface area contributed by atoms with Crippen LogP contribution in [0.4, 0.5) is 0 Å². The van der Waals surface area contributed by atoms with Gasteiger partial charge in [0, 0.05) is 41.9 Å². The monoisotopic (exact) mass is 668 g/mol. The average Bonchev–Trinajstić information content (AvgIpc) is 3.11. The van der Waals surface area contributed by atoms with E-state index in [0.29, 0.717) is 53.1 Å². The zero-order valence-corrected chi connectivity index (χ0v) is 29.2. The van der Waals surface area contributed by atoms with Crippen molar-refractivity contribution < 1.29 is 38.6 Å². The van der Waals surface area contributed by atoms with E-state index >= 15 is 0 Å². The number of nitrogens with zero attached hydrogens (tertiary/aromatic N) is 2. The lowest BCUT2D eigenvalue weighted by atomic mass is 9.75. The molecule has 0 saturated heterocycles. The van der Waals surface area contributed by atoms with Crippen molar-refractivity contribution in [3.8, 4) is 62.9 Å². The number of fused-ring (bicyclic) bond motifs is 3. The van der Waals surface area contributed by atoms with Gasteiger partial charge >= 0.3 is 0 Å². The number of hydrogen-bond acceptors (Lipinski definition) is 10. The van der Waals surface area contributed by atoms with E-state index in [4.69, 9.17) is 28.4 Å². The molecule has 4 aromatic carbocycles. The van der Waals surface area contributed by atoms with Gasteiger partial charge in [0.25, 0.3) is 0 Å². The number of phenols is 2. The summed E-state index contributed by atoms with van der Waals surface area (Å²) in [6, 6.07) is 14.1. The van der Waals surface area contributed by atoms with Crippen LogP contribution in [0.1, 0.15) is 45.5 Å². The highest BCUT2D eigenvalue weighted by atomic mass is 16.5. The van der Waals surface area contributed by atoms with Gasteiger partial charge in [0.05, 0.1) is 35.5 Å². The molecule has 0 amide bonds. The van der Waals surface area contributed by atoms with E-state index in [2.05, 4.69) is 36.0 Å². The molecule has 49 heavy (non-hydrogen) atoms. The van der Waals surface area contributed by atoms with E-state index in [9.17, 15) is 10.2 Å². The summed E-state index contributed by atoms with van der Waals surface area (Å²) in [5.41, 5.74) is 8.13. The molecule has 3 aliphatic rings. The van der Waals surface area contributed by atoms with Crippen LogP contribution in [0, 0.1) is 0 Å². The number of hydrogen-bond donors (Lipinski definition) is 2. The Bertz CT molecular complexity index is 1910. The van der Waals surface area contributed by atoms with Gasteiger partial charge in [0.1, 0.15) is 5.75 Å². The minimum atomic E-state index is -0.0179. The number of benzene rings is 4. The molecule has 7 rings (SSSR count). The topological polar surface area (TPSA) is 102 Å². The molecule has 0 spiro atoms. The number of phenolic OH excluding ortho intramolecular Hbond substituents is 2. The van der Waals surface area contributed by atoms with Gasteiger partial charge in [-0.1, -0.05) is 12.1 Å². The van der Waals surface area contributed by atoms with Crippen molar-refractivity contribution in [3.63, 3.8) is 0 Å². The Morgan fingerprint density at radius 1 is 0.714 bits per heavy atom. The Morgan fingerprint density at radius 3 is 2.08 bits per heavy atom. The maximum absolute atomic E-state index is 11.3. The zero-order valence-electron chi connectivity index (χ0n) is 29.2. The zero-order chi connectivity index (χ0) is 34.6. The molecule has 4 aromatic rings. The summed E-state index contributed by atoms with van der Waals surface area (Å²) in [6.45, 7) is 1.69. The van der Waals surface area contributed by atoms with Crippen LogP contribution in [-0.4, -0.2) is 82.7 Å². The SMILES string of the molecule is COc1cc2c(cc1O)CCN(C)C2Cc1ccc(Oc2c3c(cc(OC)c2OC)-c2c(OC)c(OC)c(O)c4c2C(C3)N(C)CC4)cc1. The summed E-state index contributed by atoms with van der Waals surface area (Å²) in [6.07, 6.45) is 3.00. The second kappa shape index (κ2) is 12.9. The Balaban J connectivity index is 1.28. The molecule has 1 aliphatic carbocycles. The van der Waals surface area contributed by atoms with Crippen molar-refractivity contribution in [1.82, 2.24) is 9.80 Å². The van der Waals surface area contributed by atoms with Gasteiger partial charge in [0.15, 0.2) is 34.5 Å². The highest BCUT2D eigenvalue weighted by Gasteiger charge is 2.41. The predicted molar refractivity (Wildman–Crippen MR) is 186 cm³/mol.